The lowest BCUT2D eigenvalue weighted by atomic mass is 9.86. The summed E-state index contributed by atoms with van der Waals surface area (Å²) >= 11 is 0. The highest BCUT2D eigenvalue weighted by Gasteiger charge is 2.27. The quantitative estimate of drug-likeness (QED) is 0.673. The Morgan fingerprint density at radius 1 is 1.14 bits per heavy atom. The molecule has 0 aromatic carbocycles. The first-order chi connectivity index (χ1) is 14.0. The van der Waals surface area contributed by atoms with Crippen molar-refractivity contribution in [1.29, 1.82) is 0 Å². The van der Waals surface area contributed by atoms with Crippen molar-refractivity contribution in [2.45, 2.75) is 58.0 Å². The van der Waals surface area contributed by atoms with Crippen LogP contribution in [0, 0.1) is 11.8 Å². The number of nitrogens with one attached hydrogen (secondary N) is 3. The molecular formula is C21H32N4O4. The SMILES string of the molecule is CC1CCCCC1NC(=O)NC(=O)CN1CCC(C(=O)NCc2ccco2)CC1. The second kappa shape index (κ2) is 10.4. The van der Waals surface area contributed by atoms with Gasteiger partial charge in [0.25, 0.3) is 0 Å². The highest BCUT2D eigenvalue weighted by atomic mass is 16.3. The third kappa shape index (κ3) is 6.59. The van der Waals surface area contributed by atoms with Crippen molar-refractivity contribution in [3.05, 3.63) is 24.2 Å². The third-order valence-electron chi connectivity index (χ3n) is 6.02. The number of nitrogens with zero attached hydrogens (tertiary/aromatic N) is 1. The van der Waals surface area contributed by atoms with Crippen LogP contribution in [0.15, 0.2) is 22.8 Å². The van der Waals surface area contributed by atoms with Crippen molar-refractivity contribution in [3.63, 3.8) is 0 Å². The molecule has 0 spiro atoms. The fourth-order valence-corrected chi connectivity index (χ4v) is 4.19. The molecule has 1 saturated carbocycles. The van der Waals surface area contributed by atoms with Crippen LogP contribution in [-0.2, 0) is 16.1 Å². The molecule has 2 heterocycles. The number of rotatable bonds is 6. The number of urea groups is 1. The smallest absolute Gasteiger partial charge is 0.321 e. The number of piperidine rings is 1. The van der Waals surface area contributed by atoms with Gasteiger partial charge in [-0.3, -0.25) is 19.8 Å². The lowest BCUT2D eigenvalue weighted by Crippen LogP contribution is -2.50. The van der Waals surface area contributed by atoms with E-state index < -0.39 is 6.03 Å². The molecule has 1 aromatic heterocycles. The Kier molecular flexibility index (Phi) is 7.69. The maximum absolute atomic E-state index is 12.3. The highest BCUT2D eigenvalue weighted by Crippen LogP contribution is 2.23. The summed E-state index contributed by atoms with van der Waals surface area (Å²) in [7, 11) is 0. The van der Waals surface area contributed by atoms with Gasteiger partial charge < -0.3 is 15.1 Å². The second-order valence-corrected chi connectivity index (χ2v) is 8.24. The Balaban J connectivity index is 1.32. The zero-order chi connectivity index (χ0) is 20.6. The molecule has 2 fully saturated rings. The molecule has 29 heavy (non-hydrogen) atoms. The molecule has 2 atom stereocenters. The third-order valence-corrected chi connectivity index (χ3v) is 6.02. The topological polar surface area (TPSA) is 104 Å². The summed E-state index contributed by atoms with van der Waals surface area (Å²) in [6, 6.07) is 3.36. The van der Waals surface area contributed by atoms with Crippen molar-refractivity contribution in [3.8, 4) is 0 Å². The summed E-state index contributed by atoms with van der Waals surface area (Å²) in [4.78, 5) is 38.6. The fraction of sp³-hybridized carbons (Fsp3) is 0.667. The summed E-state index contributed by atoms with van der Waals surface area (Å²) in [5.41, 5.74) is 0. The molecule has 2 unspecified atom stereocenters. The van der Waals surface area contributed by atoms with E-state index in [9.17, 15) is 14.4 Å². The normalized spacial score (nSPS) is 23.3. The summed E-state index contributed by atoms with van der Waals surface area (Å²) in [6.45, 7) is 4.03. The van der Waals surface area contributed by atoms with Crippen LogP contribution in [0.5, 0.6) is 0 Å². The van der Waals surface area contributed by atoms with Crippen LogP contribution in [0.3, 0.4) is 0 Å². The largest absolute Gasteiger partial charge is 0.467 e. The van der Waals surface area contributed by atoms with Crippen LogP contribution in [0.2, 0.25) is 0 Å². The zero-order valence-electron chi connectivity index (χ0n) is 17.1. The molecule has 1 aliphatic heterocycles. The second-order valence-electron chi connectivity index (χ2n) is 8.24. The van der Waals surface area contributed by atoms with E-state index in [1.807, 2.05) is 11.0 Å². The van der Waals surface area contributed by atoms with E-state index >= 15 is 0 Å². The highest BCUT2D eigenvalue weighted by molar-refractivity contribution is 5.95. The molecular weight excluding hydrogens is 372 g/mol. The number of hydrogen-bond donors (Lipinski definition) is 3. The average Bonchev–Trinajstić information content (AvgIpc) is 3.22. The van der Waals surface area contributed by atoms with Crippen LogP contribution in [0.4, 0.5) is 4.79 Å². The van der Waals surface area contributed by atoms with Crippen molar-refractivity contribution in [2.24, 2.45) is 11.8 Å². The average molecular weight is 405 g/mol. The Morgan fingerprint density at radius 2 is 1.90 bits per heavy atom. The summed E-state index contributed by atoms with van der Waals surface area (Å²) < 4.78 is 5.22. The summed E-state index contributed by atoms with van der Waals surface area (Å²) in [5.74, 6) is 0.842. The van der Waals surface area contributed by atoms with E-state index in [1.165, 1.54) is 6.42 Å². The van der Waals surface area contributed by atoms with E-state index in [-0.39, 0.29) is 30.3 Å². The Labute approximate surface area is 171 Å². The molecule has 1 saturated heterocycles. The maximum atomic E-state index is 12.3. The number of imide groups is 1. The molecule has 8 nitrogen and oxygen atoms in total. The molecule has 0 radical (unpaired) electrons. The fourth-order valence-electron chi connectivity index (χ4n) is 4.19. The minimum absolute atomic E-state index is 0.0199. The van der Waals surface area contributed by atoms with Gasteiger partial charge in [0.1, 0.15) is 5.76 Å². The molecule has 4 amide bonds. The lowest BCUT2D eigenvalue weighted by Gasteiger charge is -2.31. The predicted molar refractivity (Wildman–Crippen MR) is 108 cm³/mol. The van der Waals surface area contributed by atoms with Crippen molar-refractivity contribution < 1.29 is 18.8 Å². The van der Waals surface area contributed by atoms with Crippen molar-refractivity contribution in [1.82, 2.24) is 20.9 Å². The van der Waals surface area contributed by atoms with Gasteiger partial charge in [-0.05, 0) is 56.8 Å². The molecule has 3 N–H and O–H groups in total. The first-order valence-corrected chi connectivity index (χ1v) is 10.6. The van der Waals surface area contributed by atoms with E-state index in [1.54, 1.807) is 12.3 Å². The van der Waals surface area contributed by atoms with Gasteiger partial charge in [0.15, 0.2) is 0 Å². The van der Waals surface area contributed by atoms with Crippen molar-refractivity contribution >= 4 is 17.8 Å². The van der Waals surface area contributed by atoms with Gasteiger partial charge in [0, 0.05) is 12.0 Å². The molecule has 2 aliphatic rings. The molecule has 1 aliphatic carbocycles. The van der Waals surface area contributed by atoms with Gasteiger partial charge >= 0.3 is 6.03 Å². The van der Waals surface area contributed by atoms with E-state index in [4.69, 9.17) is 4.42 Å². The first kappa shape index (κ1) is 21.4. The van der Waals surface area contributed by atoms with E-state index in [2.05, 4.69) is 22.9 Å². The standard InChI is InChI=1S/C21H32N4O4/c1-15-5-2-3-7-18(15)23-21(28)24-19(26)14-25-10-8-16(9-11-25)20(27)22-13-17-6-4-12-29-17/h4,6,12,15-16,18H,2-3,5,7-11,13-14H2,1H3,(H,22,27)(H2,23,24,26,28). The molecule has 8 heteroatoms. The Morgan fingerprint density at radius 3 is 2.59 bits per heavy atom. The monoisotopic (exact) mass is 404 g/mol. The number of likely N-dealkylation sites (tertiary alicyclic amines) is 1. The van der Waals surface area contributed by atoms with Crippen LogP contribution >= 0.6 is 0 Å². The molecule has 1 aromatic rings. The first-order valence-electron chi connectivity index (χ1n) is 10.6. The van der Waals surface area contributed by atoms with Gasteiger partial charge in [0.05, 0.1) is 19.4 Å². The number of amides is 4. The van der Waals surface area contributed by atoms with E-state index in [0.717, 1.165) is 25.0 Å². The van der Waals surface area contributed by atoms with Crippen LogP contribution < -0.4 is 16.0 Å². The minimum Gasteiger partial charge on any atom is -0.467 e. The predicted octanol–water partition coefficient (Wildman–Crippen LogP) is 2.01. The Bertz CT molecular complexity index is 683. The van der Waals surface area contributed by atoms with Gasteiger partial charge in [-0.2, -0.15) is 0 Å². The lowest BCUT2D eigenvalue weighted by molar-refractivity contribution is -0.127. The van der Waals surface area contributed by atoms with Crippen LogP contribution in [-0.4, -0.2) is 48.4 Å². The molecule has 0 bridgehead atoms. The van der Waals surface area contributed by atoms with Crippen molar-refractivity contribution in [2.75, 3.05) is 19.6 Å². The van der Waals surface area contributed by atoms with E-state index in [0.29, 0.717) is 38.4 Å². The van der Waals surface area contributed by atoms with Crippen LogP contribution in [0.1, 0.15) is 51.2 Å². The van der Waals surface area contributed by atoms with Gasteiger partial charge in [-0.15, -0.1) is 0 Å². The maximum Gasteiger partial charge on any atom is 0.321 e. The zero-order valence-corrected chi connectivity index (χ0v) is 17.1. The summed E-state index contributed by atoms with van der Waals surface area (Å²) in [6.07, 6.45) is 7.39. The number of carbonyl (C=O) groups is 3. The number of furan rings is 1. The minimum atomic E-state index is -0.402. The van der Waals surface area contributed by atoms with Gasteiger partial charge in [-0.25, -0.2) is 4.79 Å². The Hall–Kier alpha value is -2.35. The number of carbonyl (C=O) groups excluding carboxylic acids is 3. The molecule has 3 rings (SSSR count). The number of hydrogen-bond acceptors (Lipinski definition) is 5. The molecule has 160 valence electrons. The van der Waals surface area contributed by atoms with Gasteiger partial charge in [-0.1, -0.05) is 19.8 Å². The van der Waals surface area contributed by atoms with Gasteiger partial charge in [0.2, 0.25) is 11.8 Å². The summed E-state index contributed by atoms with van der Waals surface area (Å²) in [5, 5.41) is 8.27. The van der Waals surface area contributed by atoms with Crippen LogP contribution in [0.25, 0.3) is 0 Å².